The highest BCUT2D eigenvalue weighted by atomic mass is 31.1. The molecule has 1 fully saturated rings. The zero-order valence-corrected chi connectivity index (χ0v) is 4.37. The second-order valence-electron chi connectivity index (χ2n) is 1.36. The van der Waals surface area contributed by atoms with Gasteiger partial charge in [0, 0.05) is 13.0 Å². The van der Waals surface area contributed by atoms with E-state index in [2.05, 4.69) is 5.09 Å². The van der Waals surface area contributed by atoms with Gasteiger partial charge in [-0.2, -0.15) is 0 Å². The smallest absolute Gasteiger partial charge is 0.109 e. The summed E-state index contributed by atoms with van der Waals surface area (Å²) in [6.45, 7) is 0.954. The van der Waals surface area contributed by atoms with Crippen molar-refractivity contribution in [1.82, 2.24) is 5.09 Å². The van der Waals surface area contributed by atoms with Gasteiger partial charge in [0.25, 0.3) is 0 Å². The van der Waals surface area contributed by atoms with Gasteiger partial charge in [-0.3, -0.25) is 0 Å². The summed E-state index contributed by atoms with van der Waals surface area (Å²) in [5.41, 5.74) is 0. The van der Waals surface area contributed by atoms with Crippen LogP contribution in [0.15, 0.2) is 0 Å². The van der Waals surface area contributed by atoms with E-state index in [4.69, 9.17) is 0 Å². The zero-order chi connectivity index (χ0) is 4.41. The van der Waals surface area contributed by atoms with Gasteiger partial charge in [-0.15, -0.1) is 5.09 Å². The molecular weight excluding hydrogens is 97.0 g/mol. The first-order valence-electron chi connectivity index (χ1n) is 2.08. The van der Waals surface area contributed by atoms with Gasteiger partial charge in [0.05, 0.1) is 0 Å². The van der Waals surface area contributed by atoms with E-state index in [1.165, 1.54) is 0 Å². The van der Waals surface area contributed by atoms with Gasteiger partial charge in [0.2, 0.25) is 0 Å². The summed E-state index contributed by atoms with van der Waals surface area (Å²) < 4.78 is 10.3. The highest BCUT2D eigenvalue weighted by molar-refractivity contribution is 7.42. The first-order valence-corrected chi connectivity index (χ1v) is 3.52. The molecule has 1 N–H and O–H groups in total. The summed E-state index contributed by atoms with van der Waals surface area (Å²) in [6.07, 6.45) is 1.98. The number of hydrogen-bond acceptors (Lipinski definition) is 1. The monoisotopic (exact) mass is 104 g/mol. The third-order valence-corrected chi connectivity index (χ3v) is 2.12. The van der Waals surface area contributed by atoms with Gasteiger partial charge in [-0.25, -0.2) is 0 Å². The Hall–Kier alpha value is 0.0600. The van der Waals surface area contributed by atoms with Crippen molar-refractivity contribution in [3.05, 3.63) is 0 Å². The zero-order valence-electron chi connectivity index (χ0n) is 3.48. The van der Waals surface area contributed by atoms with Crippen LogP contribution in [-0.4, -0.2) is 12.7 Å². The molecule has 1 aliphatic heterocycles. The Bertz CT molecular complexity index is 65.2. The van der Waals surface area contributed by atoms with Gasteiger partial charge in [-0.05, 0) is 0 Å². The fraction of sp³-hybridized carbons (Fsp3) is 1.00. The summed E-state index contributed by atoms with van der Waals surface area (Å²) in [4.78, 5) is 0. The van der Waals surface area contributed by atoms with Crippen LogP contribution in [0.3, 0.4) is 0 Å². The van der Waals surface area contributed by atoms with Crippen molar-refractivity contribution in [2.24, 2.45) is 0 Å². The highest BCUT2D eigenvalue weighted by Gasteiger charge is 2.20. The molecule has 0 aliphatic carbocycles. The topological polar surface area (TPSA) is 29.1 Å². The van der Waals surface area contributed by atoms with Gasteiger partial charge in [0.15, 0.2) is 6.16 Å². The van der Waals surface area contributed by atoms with Crippen molar-refractivity contribution in [3.63, 3.8) is 0 Å². The van der Waals surface area contributed by atoms with Crippen molar-refractivity contribution in [3.8, 4) is 0 Å². The summed E-state index contributed by atoms with van der Waals surface area (Å²) in [5.74, 6) is 0. The largest absolute Gasteiger partial charge is 0.432 e. The fourth-order valence-corrected chi connectivity index (χ4v) is 1.52. The predicted molar refractivity (Wildman–Crippen MR) is 25.1 cm³/mol. The summed E-state index contributed by atoms with van der Waals surface area (Å²) in [6, 6.07) is 0. The van der Waals surface area contributed by atoms with E-state index in [1.807, 2.05) is 0 Å². The quantitative estimate of drug-likeness (QED) is 0.459. The van der Waals surface area contributed by atoms with E-state index in [0.29, 0.717) is 0 Å². The standard InChI is InChI=1S/C3H7NOP/c5-6-3-1-2-4-6/h1-3H2,(H,4,5)/q+1. The van der Waals surface area contributed by atoms with E-state index in [-0.39, 0.29) is 0 Å². The minimum Gasteiger partial charge on any atom is -0.109 e. The Morgan fingerprint density at radius 1 is 1.67 bits per heavy atom. The lowest BCUT2D eigenvalue weighted by Crippen LogP contribution is -1.92. The molecule has 0 aromatic carbocycles. The Morgan fingerprint density at radius 3 is 2.67 bits per heavy atom. The SMILES string of the molecule is O=[P+]1CCCN1. The molecule has 2 nitrogen and oxygen atoms in total. The van der Waals surface area contributed by atoms with Gasteiger partial charge < -0.3 is 0 Å². The van der Waals surface area contributed by atoms with Crippen LogP contribution in [0.25, 0.3) is 0 Å². The molecule has 0 saturated carbocycles. The molecule has 34 valence electrons. The van der Waals surface area contributed by atoms with E-state index in [9.17, 15) is 4.57 Å². The molecule has 0 radical (unpaired) electrons. The molecule has 1 aliphatic rings. The maximum absolute atomic E-state index is 10.3. The molecule has 1 atom stereocenters. The first kappa shape index (κ1) is 4.23. The normalized spacial score (nSPS) is 28.3. The number of rotatable bonds is 0. The van der Waals surface area contributed by atoms with E-state index >= 15 is 0 Å². The van der Waals surface area contributed by atoms with Crippen LogP contribution in [-0.2, 0) is 4.57 Å². The van der Waals surface area contributed by atoms with E-state index in [0.717, 1.165) is 19.1 Å². The molecule has 1 rings (SSSR count). The molecule has 1 unspecified atom stereocenters. The molecule has 0 aromatic rings. The fourth-order valence-electron chi connectivity index (χ4n) is 0.505. The predicted octanol–water partition coefficient (Wildman–Crippen LogP) is 0.722. The Labute approximate surface area is 37.8 Å². The summed E-state index contributed by atoms with van der Waals surface area (Å²) in [7, 11) is -0.965. The minimum atomic E-state index is -0.965. The lowest BCUT2D eigenvalue weighted by atomic mass is 10.5. The number of nitrogens with one attached hydrogen (secondary N) is 1. The van der Waals surface area contributed by atoms with Crippen molar-refractivity contribution in [2.75, 3.05) is 12.7 Å². The molecule has 1 heterocycles. The second kappa shape index (κ2) is 1.67. The Balaban J connectivity index is 2.37. The first-order chi connectivity index (χ1) is 2.89. The molecule has 0 amide bonds. The van der Waals surface area contributed by atoms with Crippen molar-refractivity contribution < 1.29 is 4.57 Å². The molecule has 0 aromatic heterocycles. The van der Waals surface area contributed by atoms with Gasteiger partial charge in [0.1, 0.15) is 0 Å². The average molecular weight is 104 g/mol. The average Bonchev–Trinajstić information content (AvgIpc) is 1.86. The maximum Gasteiger partial charge on any atom is 0.432 e. The van der Waals surface area contributed by atoms with Crippen molar-refractivity contribution in [2.45, 2.75) is 6.42 Å². The van der Waals surface area contributed by atoms with E-state index in [1.54, 1.807) is 0 Å². The molecule has 1 saturated heterocycles. The van der Waals surface area contributed by atoms with Crippen LogP contribution in [0.5, 0.6) is 0 Å². The summed E-state index contributed by atoms with van der Waals surface area (Å²) >= 11 is 0. The number of hydrogen-bond donors (Lipinski definition) is 1. The van der Waals surface area contributed by atoms with Crippen LogP contribution >= 0.6 is 7.95 Å². The molecule has 6 heavy (non-hydrogen) atoms. The van der Waals surface area contributed by atoms with Gasteiger partial charge in [-0.1, -0.05) is 4.57 Å². The lowest BCUT2D eigenvalue weighted by Gasteiger charge is -1.63. The Kier molecular flexibility index (Phi) is 1.18. The van der Waals surface area contributed by atoms with Crippen LogP contribution < -0.4 is 5.09 Å². The van der Waals surface area contributed by atoms with Gasteiger partial charge >= 0.3 is 7.95 Å². The second-order valence-corrected chi connectivity index (χ2v) is 2.88. The maximum atomic E-state index is 10.3. The van der Waals surface area contributed by atoms with Crippen LogP contribution in [0, 0.1) is 0 Å². The molecule has 0 spiro atoms. The van der Waals surface area contributed by atoms with Crippen LogP contribution in [0.2, 0.25) is 0 Å². The molecule has 3 heteroatoms. The lowest BCUT2D eigenvalue weighted by molar-refractivity contribution is 0.586. The molecule has 0 bridgehead atoms. The van der Waals surface area contributed by atoms with Crippen molar-refractivity contribution in [1.29, 1.82) is 0 Å². The van der Waals surface area contributed by atoms with Crippen LogP contribution in [0.4, 0.5) is 0 Å². The third-order valence-electron chi connectivity index (χ3n) is 0.826. The van der Waals surface area contributed by atoms with Crippen molar-refractivity contribution >= 4 is 7.95 Å². The highest BCUT2D eigenvalue weighted by Crippen LogP contribution is 2.20. The third kappa shape index (κ3) is 0.763. The van der Waals surface area contributed by atoms with E-state index < -0.39 is 7.95 Å². The minimum absolute atomic E-state index is 0.884. The van der Waals surface area contributed by atoms with Crippen LogP contribution in [0.1, 0.15) is 6.42 Å². The Morgan fingerprint density at radius 2 is 2.50 bits per heavy atom. The summed E-state index contributed by atoms with van der Waals surface area (Å²) in [5, 5.41) is 2.83. The molecular formula is C3H7NOP+.